The number of pyridine rings is 1. The zero-order valence-electron chi connectivity index (χ0n) is 8.61. The number of hydrogen-bond donors (Lipinski definition) is 2. The number of aliphatic hydroxyl groups is 1. The maximum Gasteiger partial charge on any atom is 0.0570 e. The SMILES string of the molecule is C[C@@H](NCCCCO)c1ccccn1. The van der Waals surface area contributed by atoms with E-state index in [2.05, 4.69) is 17.2 Å². The van der Waals surface area contributed by atoms with Crippen LogP contribution in [0.15, 0.2) is 24.4 Å². The van der Waals surface area contributed by atoms with Gasteiger partial charge in [0.2, 0.25) is 0 Å². The predicted molar refractivity (Wildman–Crippen MR) is 57.0 cm³/mol. The van der Waals surface area contributed by atoms with Crippen molar-refractivity contribution in [3.05, 3.63) is 30.1 Å². The highest BCUT2D eigenvalue weighted by atomic mass is 16.2. The van der Waals surface area contributed by atoms with E-state index in [-0.39, 0.29) is 12.6 Å². The first-order valence-electron chi connectivity index (χ1n) is 5.09. The molecule has 0 saturated carbocycles. The molecule has 78 valence electrons. The third kappa shape index (κ3) is 3.85. The summed E-state index contributed by atoms with van der Waals surface area (Å²) < 4.78 is 0. The van der Waals surface area contributed by atoms with Crippen molar-refractivity contribution in [2.75, 3.05) is 13.2 Å². The molecule has 0 aliphatic heterocycles. The third-order valence-corrected chi connectivity index (χ3v) is 2.17. The van der Waals surface area contributed by atoms with Crippen LogP contribution < -0.4 is 5.32 Å². The van der Waals surface area contributed by atoms with Crippen molar-refractivity contribution in [1.82, 2.24) is 10.3 Å². The van der Waals surface area contributed by atoms with Gasteiger partial charge in [0.15, 0.2) is 0 Å². The molecule has 0 amide bonds. The molecule has 3 heteroatoms. The van der Waals surface area contributed by atoms with E-state index in [1.807, 2.05) is 18.2 Å². The fraction of sp³-hybridized carbons (Fsp3) is 0.545. The molecule has 0 saturated heterocycles. The Balaban J connectivity index is 2.25. The molecule has 2 N–H and O–H groups in total. The molecule has 1 heterocycles. The highest BCUT2D eigenvalue weighted by Gasteiger charge is 2.03. The van der Waals surface area contributed by atoms with Crippen LogP contribution in [0, 0.1) is 0 Å². The normalized spacial score (nSPS) is 12.7. The molecule has 0 aromatic carbocycles. The standard InChI is InChI=1S/C11H18N2O/c1-10(12-7-4-5-9-14)11-6-2-3-8-13-11/h2-3,6,8,10,12,14H,4-5,7,9H2,1H3/t10-/m1/s1. The van der Waals surface area contributed by atoms with Gasteiger partial charge < -0.3 is 10.4 Å². The van der Waals surface area contributed by atoms with Gasteiger partial charge in [0.05, 0.1) is 5.69 Å². The van der Waals surface area contributed by atoms with E-state index < -0.39 is 0 Å². The predicted octanol–water partition coefficient (Wildman–Crippen LogP) is 1.50. The lowest BCUT2D eigenvalue weighted by Crippen LogP contribution is -2.20. The van der Waals surface area contributed by atoms with Gasteiger partial charge in [-0.2, -0.15) is 0 Å². The van der Waals surface area contributed by atoms with Crippen LogP contribution in [0.3, 0.4) is 0 Å². The Morgan fingerprint density at radius 1 is 1.43 bits per heavy atom. The Kier molecular flexibility index (Phi) is 5.19. The lowest BCUT2D eigenvalue weighted by atomic mass is 10.2. The Labute approximate surface area is 85.2 Å². The number of nitrogens with one attached hydrogen (secondary N) is 1. The van der Waals surface area contributed by atoms with Crippen molar-refractivity contribution in [1.29, 1.82) is 0 Å². The van der Waals surface area contributed by atoms with E-state index in [0.717, 1.165) is 25.1 Å². The fourth-order valence-corrected chi connectivity index (χ4v) is 1.29. The van der Waals surface area contributed by atoms with Gasteiger partial charge in [-0.15, -0.1) is 0 Å². The van der Waals surface area contributed by atoms with Crippen LogP contribution in [0.1, 0.15) is 31.5 Å². The summed E-state index contributed by atoms with van der Waals surface area (Å²) >= 11 is 0. The van der Waals surface area contributed by atoms with E-state index >= 15 is 0 Å². The molecule has 0 spiro atoms. The first kappa shape index (κ1) is 11.1. The minimum Gasteiger partial charge on any atom is -0.396 e. The Morgan fingerprint density at radius 2 is 2.29 bits per heavy atom. The van der Waals surface area contributed by atoms with E-state index in [0.29, 0.717) is 0 Å². The van der Waals surface area contributed by atoms with Crippen LogP contribution in [0.25, 0.3) is 0 Å². The van der Waals surface area contributed by atoms with Gasteiger partial charge in [-0.05, 0) is 38.4 Å². The molecule has 1 atom stereocenters. The summed E-state index contributed by atoms with van der Waals surface area (Å²) in [5, 5.41) is 12.0. The van der Waals surface area contributed by atoms with Crippen molar-refractivity contribution in [2.45, 2.75) is 25.8 Å². The molecule has 0 aliphatic carbocycles. The van der Waals surface area contributed by atoms with Gasteiger partial charge in [0.1, 0.15) is 0 Å². The second-order valence-electron chi connectivity index (χ2n) is 3.36. The van der Waals surface area contributed by atoms with Gasteiger partial charge in [0, 0.05) is 18.8 Å². The van der Waals surface area contributed by atoms with Crippen molar-refractivity contribution in [3.8, 4) is 0 Å². The lowest BCUT2D eigenvalue weighted by molar-refractivity contribution is 0.283. The first-order valence-corrected chi connectivity index (χ1v) is 5.09. The van der Waals surface area contributed by atoms with E-state index in [1.165, 1.54) is 0 Å². The van der Waals surface area contributed by atoms with Crippen LogP contribution >= 0.6 is 0 Å². The molecule has 1 aromatic heterocycles. The molecule has 0 radical (unpaired) electrons. The van der Waals surface area contributed by atoms with E-state index in [1.54, 1.807) is 6.20 Å². The van der Waals surface area contributed by atoms with Crippen LogP contribution in [0.5, 0.6) is 0 Å². The highest BCUT2D eigenvalue weighted by Crippen LogP contribution is 2.07. The van der Waals surface area contributed by atoms with Crippen LogP contribution in [0.2, 0.25) is 0 Å². The van der Waals surface area contributed by atoms with Gasteiger partial charge >= 0.3 is 0 Å². The van der Waals surface area contributed by atoms with Gasteiger partial charge in [-0.3, -0.25) is 4.98 Å². The third-order valence-electron chi connectivity index (χ3n) is 2.17. The molecule has 1 rings (SSSR count). The number of aliphatic hydroxyl groups excluding tert-OH is 1. The summed E-state index contributed by atoms with van der Waals surface area (Å²) in [4.78, 5) is 4.27. The summed E-state index contributed by atoms with van der Waals surface area (Å²) in [6.07, 6.45) is 3.68. The van der Waals surface area contributed by atoms with Crippen LogP contribution in [-0.4, -0.2) is 23.2 Å². The minimum atomic E-state index is 0.277. The summed E-state index contributed by atoms with van der Waals surface area (Å²) in [5.74, 6) is 0. The minimum absolute atomic E-state index is 0.277. The average molecular weight is 194 g/mol. The number of aromatic nitrogens is 1. The van der Waals surface area contributed by atoms with Crippen LogP contribution in [-0.2, 0) is 0 Å². The molecule has 1 aromatic rings. The first-order chi connectivity index (χ1) is 6.84. The Morgan fingerprint density at radius 3 is 2.93 bits per heavy atom. The molecule has 3 nitrogen and oxygen atoms in total. The van der Waals surface area contributed by atoms with Crippen molar-refractivity contribution < 1.29 is 5.11 Å². The smallest absolute Gasteiger partial charge is 0.0570 e. The second kappa shape index (κ2) is 6.51. The second-order valence-corrected chi connectivity index (χ2v) is 3.36. The molecular formula is C11H18N2O. The molecule has 0 unspecified atom stereocenters. The number of hydrogen-bond acceptors (Lipinski definition) is 3. The topological polar surface area (TPSA) is 45.1 Å². The highest BCUT2D eigenvalue weighted by molar-refractivity contribution is 5.07. The zero-order chi connectivity index (χ0) is 10.2. The lowest BCUT2D eigenvalue weighted by Gasteiger charge is -2.12. The molecule has 14 heavy (non-hydrogen) atoms. The summed E-state index contributed by atoms with van der Waals surface area (Å²) in [6, 6.07) is 6.22. The van der Waals surface area contributed by atoms with Crippen molar-refractivity contribution in [3.63, 3.8) is 0 Å². The number of unbranched alkanes of at least 4 members (excludes halogenated alkanes) is 1. The van der Waals surface area contributed by atoms with E-state index in [4.69, 9.17) is 5.11 Å². The number of nitrogens with zero attached hydrogens (tertiary/aromatic N) is 1. The van der Waals surface area contributed by atoms with Gasteiger partial charge in [-0.25, -0.2) is 0 Å². The van der Waals surface area contributed by atoms with Crippen molar-refractivity contribution >= 4 is 0 Å². The quantitative estimate of drug-likeness (QED) is 0.675. The van der Waals surface area contributed by atoms with E-state index in [9.17, 15) is 0 Å². The maximum atomic E-state index is 8.61. The number of rotatable bonds is 6. The van der Waals surface area contributed by atoms with Crippen LogP contribution in [0.4, 0.5) is 0 Å². The maximum absolute atomic E-state index is 8.61. The summed E-state index contributed by atoms with van der Waals surface area (Å²) in [5.41, 5.74) is 1.07. The van der Waals surface area contributed by atoms with Crippen molar-refractivity contribution in [2.24, 2.45) is 0 Å². The fourth-order valence-electron chi connectivity index (χ4n) is 1.29. The average Bonchev–Trinajstić information content (AvgIpc) is 2.25. The molecule has 0 aliphatic rings. The largest absolute Gasteiger partial charge is 0.396 e. The van der Waals surface area contributed by atoms with Gasteiger partial charge in [-0.1, -0.05) is 6.07 Å². The molecular weight excluding hydrogens is 176 g/mol. The Bertz CT molecular complexity index is 238. The molecule has 0 fully saturated rings. The summed E-state index contributed by atoms with van der Waals surface area (Å²) in [7, 11) is 0. The molecule has 0 bridgehead atoms. The Hall–Kier alpha value is -0.930. The summed E-state index contributed by atoms with van der Waals surface area (Å²) in [6.45, 7) is 3.30. The monoisotopic (exact) mass is 194 g/mol. The van der Waals surface area contributed by atoms with Gasteiger partial charge in [0.25, 0.3) is 0 Å². The zero-order valence-corrected chi connectivity index (χ0v) is 8.61.